The van der Waals surface area contributed by atoms with Gasteiger partial charge in [0.25, 0.3) is 5.95 Å². The molecule has 1 aromatic heterocycles. The van der Waals surface area contributed by atoms with Gasteiger partial charge in [-0.2, -0.15) is 0 Å². The lowest BCUT2D eigenvalue weighted by atomic mass is 10.3. The second-order valence-electron chi connectivity index (χ2n) is 2.17. The van der Waals surface area contributed by atoms with Crippen LogP contribution in [0, 0.1) is 4.91 Å². The largest absolute Gasteiger partial charge is 0.320 e. The number of fused-ring (bicyclic) bond motifs is 1. The molecule has 0 aliphatic rings. The molecular formula is C7H5N3O. The molecule has 1 heterocycles. The monoisotopic (exact) mass is 147 g/mol. The fourth-order valence-electron chi connectivity index (χ4n) is 0.983. The summed E-state index contributed by atoms with van der Waals surface area (Å²) in [6.07, 6.45) is 0. The number of hydrogen-bond donors (Lipinski definition) is 1. The van der Waals surface area contributed by atoms with E-state index < -0.39 is 0 Å². The number of para-hydroxylation sites is 2. The molecule has 4 heteroatoms. The SMILES string of the molecule is O=Nc1nc2ccccc2[nH]1. The van der Waals surface area contributed by atoms with Crippen LogP contribution in [0.15, 0.2) is 29.4 Å². The van der Waals surface area contributed by atoms with Crippen LogP contribution in [-0.2, 0) is 0 Å². The number of hydrogen-bond acceptors (Lipinski definition) is 3. The number of H-pyrrole nitrogens is 1. The molecule has 4 nitrogen and oxygen atoms in total. The molecule has 0 aliphatic heterocycles. The summed E-state index contributed by atoms with van der Waals surface area (Å²) in [5.41, 5.74) is 1.60. The van der Waals surface area contributed by atoms with E-state index in [1.807, 2.05) is 24.3 Å². The van der Waals surface area contributed by atoms with Crippen molar-refractivity contribution >= 4 is 17.0 Å². The van der Waals surface area contributed by atoms with Crippen LogP contribution in [0.5, 0.6) is 0 Å². The lowest BCUT2D eigenvalue weighted by Gasteiger charge is -1.81. The van der Waals surface area contributed by atoms with E-state index >= 15 is 0 Å². The Morgan fingerprint density at radius 3 is 2.91 bits per heavy atom. The second-order valence-corrected chi connectivity index (χ2v) is 2.17. The molecule has 0 spiro atoms. The first-order valence-electron chi connectivity index (χ1n) is 3.18. The molecule has 0 atom stereocenters. The Balaban J connectivity index is 2.78. The van der Waals surface area contributed by atoms with Gasteiger partial charge in [-0.1, -0.05) is 12.1 Å². The second kappa shape index (κ2) is 2.16. The topological polar surface area (TPSA) is 58.1 Å². The highest BCUT2D eigenvalue weighted by molar-refractivity contribution is 5.76. The molecule has 1 N–H and O–H groups in total. The third kappa shape index (κ3) is 0.881. The number of aromatic amines is 1. The van der Waals surface area contributed by atoms with Crippen molar-refractivity contribution in [3.05, 3.63) is 29.2 Å². The van der Waals surface area contributed by atoms with E-state index in [-0.39, 0.29) is 5.95 Å². The van der Waals surface area contributed by atoms with E-state index in [2.05, 4.69) is 15.1 Å². The molecule has 0 radical (unpaired) electrons. The summed E-state index contributed by atoms with van der Waals surface area (Å²) in [7, 11) is 0. The maximum Gasteiger partial charge on any atom is 0.269 e. The summed E-state index contributed by atoms with van der Waals surface area (Å²) in [4.78, 5) is 16.7. The van der Waals surface area contributed by atoms with Gasteiger partial charge in [0.2, 0.25) is 0 Å². The molecule has 0 saturated heterocycles. The summed E-state index contributed by atoms with van der Waals surface area (Å²) < 4.78 is 0. The summed E-state index contributed by atoms with van der Waals surface area (Å²) >= 11 is 0. The number of nitrogens with one attached hydrogen (secondary N) is 1. The number of benzene rings is 1. The van der Waals surface area contributed by atoms with E-state index in [0.717, 1.165) is 11.0 Å². The number of aromatic nitrogens is 2. The molecule has 0 saturated carbocycles. The van der Waals surface area contributed by atoms with Gasteiger partial charge in [0.15, 0.2) is 0 Å². The first-order valence-corrected chi connectivity index (χ1v) is 3.18. The van der Waals surface area contributed by atoms with E-state index in [1.165, 1.54) is 0 Å². The summed E-state index contributed by atoms with van der Waals surface area (Å²) in [6, 6.07) is 7.39. The van der Waals surface area contributed by atoms with Crippen LogP contribution < -0.4 is 0 Å². The van der Waals surface area contributed by atoms with E-state index in [0.29, 0.717) is 0 Å². The van der Waals surface area contributed by atoms with E-state index in [1.54, 1.807) is 0 Å². The molecule has 0 bridgehead atoms. The molecule has 2 rings (SSSR count). The maximum absolute atomic E-state index is 10.0. The molecule has 54 valence electrons. The van der Waals surface area contributed by atoms with Crippen molar-refractivity contribution in [3.63, 3.8) is 0 Å². The number of imidazole rings is 1. The first-order chi connectivity index (χ1) is 5.40. The van der Waals surface area contributed by atoms with Gasteiger partial charge in [-0.05, 0) is 12.1 Å². The smallest absolute Gasteiger partial charge is 0.269 e. The van der Waals surface area contributed by atoms with E-state index in [9.17, 15) is 4.91 Å². The Morgan fingerprint density at radius 2 is 2.18 bits per heavy atom. The van der Waals surface area contributed by atoms with Gasteiger partial charge in [-0.15, -0.1) is 4.91 Å². The predicted octanol–water partition coefficient (Wildman–Crippen LogP) is 1.96. The zero-order chi connectivity index (χ0) is 7.68. The summed E-state index contributed by atoms with van der Waals surface area (Å²) in [5, 5.41) is 2.69. The van der Waals surface area contributed by atoms with Gasteiger partial charge in [-0.25, -0.2) is 4.98 Å². The molecule has 1 aromatic carbocycles. The van der Waals surface area contributed by atoms with E-state index in [4.69, 9.17) is 0 Å². The van der Waals surface area contributed by atoms with Crippen molar-refractivity contribution in [3.8, 4) is 0 Å². The lowest BCUT2D eigenvalue weighted by Crippen LogP contribution is -1.63. The Hall–Kier alpha value is -1.71. The minimum Gasteiger partial charge on any atom is -0.320 e. The van der Waals surface area contributed by atoms with Crippen molar-refractivity contribution < 1.29 is 0 Å². The Labute approximate surface area is 62.2 Å². The zero-order valence-electron chi connectivity index (χ0n) is 5.61. The highest BCUT2D eigenvalue weighted by Crippen LogP contribution is 2.14. The van der Waals surface area contributed by atoms with Gasteiger partial charge in [0, 0.05) is 5.18 Å². The maximum atomic E-state index is 10.0. The third-order valence-electron chi connectivity index (χ3n) is 1.46. The highest BCUT2D eigenvalue weighted by atomic mass is 16.3. The summed E-state index contributed by atoms with van der Waals surface area (Å²) in [5.74, 6) is 0.131. The van der Waals surface area contributed by atoms with Crippen molar-refractivity contribution in [1.29, 1.82) is 0 Å². The molecule has 0 amide bonds. The van der Waals surface area contributed by atoms with Gasteiger partial charge in [0.1, 0.15) is 0 Å². The minimum absolute atomic E-state index is 0.131. The quantitative estimate of drug-likeness (QED) is 0.627. The minimum atomic E-state index is 0.131. The number of nitroso groups, excluding NO2 is 1. The van der Waals surface area contributed by atoms with Gasteiger partial charge in [0.05, 0.1) is 11.0 Å². The molecular weight excluding hydrogens is 142 g/mol. The number of rotatable bonds is 1. The normalized spacial score (nSPS) is 10.2. The van der Waals surface area contributed by atoms with Crippen LogP contribution in [0.3, 0.4) is 0 Å². The fraction of sp³-hybridized carbons (Fsp3) is 0. The molecule has 11 heavy (non-hydrogen) atoms. The van der Waals surface area contributed by atoms with Crippen LogP contribution in [0.4, 0.5) is 5.95 Å². The van der Waals surface area contributed by atoms with Crippen LogP contribution in [0.2, 0.25) is 0 Å². The van der Waals surface area contributed by atoms with Crippen molar-refractivity contribution in [2.75, 3.05) is 0 Å². The van der Waals surface area contributed by atoms with Crippen LogP contribution >= 0.6 is 0 Å². The van der Waals surface area contributed by atoms with Gasteiger partial charge >= 0.3 is 0 Å². The standard InChI is InChI=1S/C7H5N3O/c11-10-7-8-5-3-1-2-4-6(5)9-7/h1-4H,(H,8,9). The Bertz CT molecular complexity index is 360. The molecule has 0 unspecified atom stereocenters. The highest BCUT2D eigenvalue weighted by Gasteiger charge is 1.98. The average molecular weight is 147 g/mol. The van der Waals surface area contributed by atoms with Gasteiger partial charge < -0.3 is 4.98 Å². The van der Waals surface area contributed by atoms with Gasteiger partial charge in [-0.3, -0.25) is 0 Å². The fourth-order valence-corrected chi connectivity index (χ4v) is 0.983. The zero-order valence-corrected chi connectivity index (χ0v) is 5.61. The molecule has 0 aliphatic carbocycles. The van der Waals surface area contributed by atoms with Crippen molar-refractivity contribution in [1.82, 2.24) is 9.97 Å². The molecule has 0 fully saturated rings. The Morgan fingerprint density at radius 1 is 1.36 bits per heavy atom. The average Bonchev–Trinajstić information content (AvgIpc) is 2.46. The van der Waals surface area contributed by atoms with Crippen LogP contribution in [0.1, 0.15) is 0 Å². The summed E-state index contributed by atoms with van der Waals surface area (Å²) in [6.45, 7) is 0. The first kappa shape index (κ1) is 6.03. The van der Waals surface area contributed by atoms with Crippen LogP contribution in [-0.4, -0.2) is 9.97 Å². The Kier molecular flexibility index (Phi) is 1.18. The van der Waals surface area contributed by atoms with Crippen LogP contribution in [0.25, 0.3) is 11.0 Å². The predicted molar refractivity (Wildman–Crippen MR) is 41.5 cm³/mol. The van der Waals surface area contributed by atoms with Crippen molar-refractivity contribution in [2.45, 2.75) is 0 Å². The van der Waals surface area contributed by atoms with Crippen molar-refractivity contribution in [2.24, 2.45) is 5.18 Å². The molecule has 2 aromatic rings. The third-order valence-corrected chi connectivity index (χ3v) is 1.46. The number of nitrogens with zero attached hydrogens (tertiary/aromatic N) is 2. The lowest BCUT2D eigenvalue weighted by molar-refractivity contribution is 1.25.